The molecule has 18 heavy (non-hydrogen) atoms. The van der Waals surface area contributed by atoms with Crippen molar-refractivity contribution in [2.75, 3.05) is 11.2 Å². The molecule has 0 spiro atoms. The lowest BCUT2D eigenvalue weighted by molar-refractivity contribution is 0.606. The fraction of sp³-hybridized carbons (Fsp3) is 0.231. The van der Waals surface area contributed by atoms with Crippen LogP contribution in [0.1, 0.15) is 6.92 Å². The quantitative estimate of drug-likeness (QED) is 0.826. The number of nitrogens with zero attached hydrogens (tertiary/aromatic N) is 1. The maximum atomic E-state index is 13.7. The van der Waals surface area contributed by atoms with Gasteiger partial charge in [-0.2, -0.15) is 0 Å². The van der Waals surface area contributed by atoms with Crippen molar-refractivity contribution >= 4 is 15.5 Å². The van der Waals surface area contributed by atoms with Crippen LogP contribution in [-0.4, -0.2) is 20.7 Å². The molecular weight excluding hydrogens is 253 g/mol. The van der Waals surface area contributed by atoms with E-state index in [-0.39, 0.29) is 16.8 Å². The first-order valence-electron chi connectivity index (χ1n) is 5.52. The zero-order valence-corrected chi connectivity index (χ0v) is 11.0. The van der Waals surface area contributed by atoms with Crippen LogP contribution in [0.2, 0.25) is 0 Å². The fourth-order valence-electron chi connectivity index (χ4n) is 1.79. The monoisotopic (exact) mass is 267 g/mol. The molecule has 0 saturated heterocycles. The molecule has 0 radical (unpaired) electrons. The average molecular weight is 267 g/mol. The van der Waals surface area contributed by atoms with Crippen LogP contribution in [-0.2, 0) is 9.84 Å². The Bertz CT molecular complexity index is 620. The Morgan fingerprint density at radius 1 is 1.28 bits per heavy atom. The summed E-state index contributed by atoms with van der Waals surface area (Å²) in [5.74, 6) is -0.372. The second-order valence-electron chi connectivity index (χ2n) is 4.26. The van der Waals surface area contributed by atoms with E-state index in [9.17, 15) is 12.8 Å². The van der Waals surface area contributed by atoms with Gasteiger partial charge in [-0.3, -0.25) is 0 Å². The summed E-state index contributed by atoms with van der Waals surface area (Å²) >= 11 is 0. The lowest BCUT2D eigenvalue weighted by Crippen LogP contribution is -2.30. The summed E-state index contributed by atoms with van der Waals surface area (Å²) in [6.45, 7) is 1.87. The number of para-hydroxylation sites is 1. The van der Waals surface area contributed by atoms with E-state index in [1.165, 1.54) is 12.3 Å². The minimum atomic E-state index is -3.29. The van der Waals surface area contributed by atoms with Crippen molar-refractivity contribution < 1.29 is 12.8 Å². The first kappa shape index (κ1) is 12.8. The van der Waals surface area contributed by atoms with Crippen molar-refractivity contribution in [2.45, 2.75) is 13.0 Å². The maximum Gasteiger partial charge on any atom is 0.176 e. The number of anilines is 1. The highest BCUT2D eigenvalue weighted by molar-refractivity contribution is 7.94. The number of allylic oxidation sites excluding steroid dienone is 1. The molecule has 0 N–H and O–H groups in total. The van der Waals surface area contributed by atoms with Gasteiger partial charge < -0.3 is 4.90 Å². The highest BCUT2D eigenvalue weighted by Gasteiger charge is 2.21. The Morgan fingerprint density at radius 3 is 2.56 bits per heavy atom. The Morgan fingerprint density at radius 2 is 1.94 bits per heavy atom. The molecule has 2 rings (SSSR count). The minimum absolute atomic E-state index is 0.0904. The molecular formula is C13H14FNO2S. The van der Waals surface area contributed by atoms with E-state index in [4.69, 9.17) is 0 Å². The smallest absolute Gasteiger partial charge is 0.176 e. The zero-order valence-electron chi connectivity index (χ0n) is 10.2. The zero-order chi connectivity index (χ0) is 13.3. The first-order valence-corrected chi connectivity index (χ1v) is 7.41. The number of hydrogen-bond donors (Lipinski definition) is 0. The molecule has 0 saturated carbocycles. The molecule has 3 nitrogen and oxygen atoms in total. The second kappa shape index (κ2) is 4.57. The molecule has 1 heterocycles. The van der Waals surface area contributed by atoms with Crippen LogP contribution in [0.5, 0.6) is 0 Å². The van der Waals surface area contributed by atoms with E-state index in [1.54, 1.807) is 35.3 Å². The van der Waals surface area contributed by atoms with Crippen LogP contribution < -0.4 is 4.90 Å². The predicted molar refractivity (Wildman–Crippen MR) is 70.4 cm³/mol. The Labute approximate surface area is 106 Å². The Balaban J connectivity index is 2.48. The predicted octanol–water partition coefficient (Wildman–Crippen LogP) is 2.48. The molecule has 5 heteroatoms. The van der Waals surface area contributed by atoms with E-state index in [1.807, 2.05) is 6.92 Å². The van der Waals surface area contributed by atoms with Crippen molar-refractivity contribution in [2.24, 2.45) is 0 Å². The number of benzene rings is 1. The van der Waals surface area contributed by atoms with Gasteiger partial charge in [-0.05, 0) is 25.1 Å². The van der Waals surface area contributed by atoms with Crippen molar-refractivity contribution in [3.8, 4) is 0 Å². The minimum Gasteiger partial charge on any atom is -0.338 e. The summed E-state index contributed by atoms with van der Waals surface area (Å²) < 4.78 is 36.8. The summed E-state index contributed by atoms with van der Waals surface area (Å²) in [6.07, 6.45) is 5.90. The van der Waals surface area contributed by atoms with Gasteiger partial charge in [-0.1, -0.05) is 18.2 Å². The maximum absolute atomic E-state index is 13.7. The molecule has 1 aromatic carbocycles. The lowest BCUT2D eigenvalue weighted by atomic mass is 10.1. The van der Waals surface area contributed by atoms with E-state index in [0.717, 1.165) is 6.26 Å². The third-order valence-electron chi connectivity index (χ3n) is 2.80. The topological polar surface area (TPSA) is 37.4 Å². The van der Waals surface area contributed by atoms with E-state index < -0.39 is 9.84 Å². The van der Waals surface area contributed by atoms with Gasteiger partial charge >= 0.3 is 0 Å². The summed E-state index contributed by atoms with van der Waals surface area (Å²) in [6, 6.07) is 6.21. The average Bonchev–Trinajstić information content (AvgIpc) is 2.29. The second-order valence-corrected chi connectivity index (χ2v) is 6.28. The highest BCUT2D eigenvalue weighted by atomic mass is 32.2. The molecule has 1 atom stereocenters. The molecule has 1 aromatic rings. The third-order valence-corrected chi connectivity index (χ3v) is 3.90. The van der Waals surface area contributed by atoms with E-state index >= 15 is 0 Å². The Kier molecular flexibility index (Phi) is 3.26. The molecule has 1 unspecified atom stereocenters. The van der Waals surface area contributed by atoms with Gasteiger partial charge in [0.15, 0.2) is 9.84 Å². The van der Waals surface area contributed by atoms with Gasteiger partial charge in [0.25, 0.3) is 0 Å². The van der Waals surface area contributed by atoms with Gasteiger partial charge in [0, 0.05) is 18.5 Å². The number of hydrogen-bond acceptors (Lipinski definition) is 3. The largest absolute Gasteiger partial charge is 0.338 e. The van der Waals surface area contributed by atoms with Crippen molar-refractivity contribution in [1.29, 1.82) is 0 Å². The normalized spacial score (nSPS) is 19.8. The fourth-order valence-corrected chi connectivity index (χ4v) is 2.42. The number of sulfone groups is 1. The van der Waals surface area contributed by atoms with Crippen LogP contribution in [0.15, 0.2) is 47.5 Å². The van der Waals surface area contributed by atoms with Gasteiger partial charge in [-0.25, -0.2) is 12.8 Å². The van der Waals surface area contributed by atoms with E-state index in [2.05, 4.69) is 0 Å². The molecule has 96 valence electrons. The highest BCUT2D eigenvalue weighted by Crippen LogP contribution is 2.26. The third kappa shape index (κ3) is 2.46. The van der Waals surface area contributed by atoms with Gasteiger partial charge in [0.05, 0.1) is 10.6 Å². The van der Waals surface area contributed by atoms with Crippen LogP contribution in [0.25, 0.3) is 0 Å². The van der Waals surface area contributed by atoms with Crippen molar-refractivity contribution in [3.05, 3.63) is 53.3 Å². The number of rotatable bonds is 2. The van der Waals surface area contributed by atoms with Crippen molar-refractivity contribution in [3.63, 3.8) is 0 Å². The van der Waals surface area contributed by atoms with Gasteiger partial charge in [0.1, 0.15) is 5.82 Å². The van der Waals surface area contributed by atoms with Crippen molar-refractivity contribution in [1.82, 2.24) is 0 Å². The summed E-state index contributed by atoms with van der Waals surface area (Å²) in [7, 11) is -3.29. The SMILES string of the molecule is CC1C=CC(S(C)(=O)=O)=CN1c1ccccc1F. The molecule has 0 fully saturated rings. The summed E-state index contributed by atoms with van der Waals surface area (Å²) in [5.41, 5.74) is 0.371. The molecule has 0 aromatic heterocycles. The summed E-state index contributed by atoms with van der Waals surface area (Å²) in [5, 5.41) is 0. The lowest BCUT2D eigenvalue weighted by Gasteiger charge is -2.29. The molecule has 0 bridgehead atoms. The van der Waals surface area contributed by atoms with E-state index in [0.29, 0.717) is 5.69 Å². The number of halogens is 1. The standard InChI is InChI=1S/C13H14FNO2S/c1-10-7-8-11(18(2,16)17)9-15(10)13-6-4-3-5-12(13)14/h3-10H,1-2H3. The molecule has 0 aliphatic carbocycles. The van der Waals surface area contributed by atoms with Crippen LogP contribution in [0.4, 0.5) is 10.1 Å². The van der Waals surface area contributed by atoms with Gasteiger partial charge in [-0.15, -0.1) is 0 Å². The Hall–Kier alpha value is -1.62. The first-order chi connectivity index (χ1) is 8.39. The van der Waals surface area contributed by atoms with Crippen LogP contribution in [0, 0.1) is 5.82 Å². The molecule has 0 amide bonds. The van der Waals surface area contributed by atoms with Gasteiger partial charge in [0.2, 0.25) is 0 Å². The summed E-state index contributed by atoms with van der Waals surface area (Å²) in [4.78, 5) is 1.80. The molecule has 1 aliphatic rings. The molecule has 1 aliphatic heterocycles. The van der Waals surface area contributed by atoms with Crippen LogP contribution in [0.3, 0.4) is 0 Å². The van der Waals surface area contributed by atoms with Crippen LogP contribution >= 0.6 is 0 Å².